The van der Waals surface area contributed by atoms with E-state index in [9.17, 15) is 4.79 Å². The van der Waals surface area contributed by atoms with Crippen molar-refractivity contribution < 1.29 is 14.3 Å². The van der Waals surface area contributed by atoms with Gasteiger partial charge < -0.3 is 9.47 Å². The van der Waals surface area contributed by atoms with Crippen LogP contribution in [0.15, 0.2) is 0 Å². The highest BCUT2D eigenvalue weighted by molar-refractivity contribution is 9.09. The van der Waals surface area contributed by atoms with Crippen LogP contribution in [0.2, 0.25) is 0 Å². The summed E-state index contributed by atoms with van der Waals surface area (Å²) in [5, 5.41) is 0. The summed E-state index contributed by atoms with van der Waals surface area (Å²) in [4.78, 5) is 11.5. The monoisotopic (exact) mass is 314 g/mol. The van der Waals surface area contributed by atoms with Crippen LogP contribution in [-0.2, 0) is 14.3 Å². The fraction of sp³-hybridized carbons (Fsp3) is 0.929. The zero-order valence-corrected chi connectivity index (χ0v) is 12.4. The SMILES string of the molecule is CO[C@H]1CC2C3C1C1C2C1(CCOC(C)=O)C3Br. The van der Waals surface area contributed by atoms with Gasteiger partial charge in [0.15, 0.2) is 0 Å². The van der Waals surface area contributed by atoms with Crippen LogP contribution in [0, 0.1) is 35.0 Å². The zero-order chi connectivity index (χ0) is 12.7. The van der Waals surface area contributed by atoms with Gasteiger partial charge in [-0.1, -0.05) is 15.9 Å². The van der Waals surface area contributed by atoms with E-state index in [1.165, 1.54) is 13.3 Å². The molecule has 100 valence electrons. The summed E-state index contributed by atoms with van der Waals surface area (Å²) in [5.41, 5.74) is 0.433. The van der Waals surface area contributed by atoms with Crippen LogP contribution < -0.4 is 0 Å². The second kappa shape index (κ2) is 3.51. The Morgan fingerprint density at radius 2 is 2.17 bits per heavy atom. The molecule has 6 bridgehead atoms. The normalized spacial score (nSPS) is 58.1. The molecule has 0 aromatic rings. The number of methoxy groups -OCH3 is 1. The molecule has 3 nitrogen and oxygen atoms in total. The number of carbonyl (C=O) groups excluding carboxylic acids is 1. The molecule has 4 heteroatoms. The first-order chi connectivity index (χ1) is 8.63. The predicted octanol–water partition coefficient (Wildman–Crippen LogP) is 2.23. The molecule has 5 aliphatic carbocycles. The van der Waals surface area contributed by atoms with Gasteiger partial charge in [-0.25, -0.2) is 0 Å². The van der Waals surface area contributed by atoms with Crippen LogP contribution in [0.25, 0.3) is 0 Å². The average Bonchev–Trinajstić information content (AvgIpc) is 2.62. The minimum Gasteiger partial charge on any atom is -0.466 e. The van der Waals surface area contributed by atoms with Gasteiger partial charge in [0.05, 0.1) is 12.7 Å². The molecule has 8 atom stereocenters. The van der Waals surface area contributed by atoms with Crippen LogP contribution in [0.4, 0.5) is 0 Å². The maximum atomic E-state index is 10.9. The fourth-order valence-corrected chi connectivity index (χ4v) is 7.57. The van der Waals surface area contributed by atoms with Gasteiger partial charge in [-0.2, -0.15) is 0 Å². The van der Waals surface area contributed by atoms with Gasteiger partial charge in [-0.15, -0.1) is 0 Å². The summed E-state index contributed by atoms with van der Waals surface area (Å²) in [6.07, 6.45) is 2.78. The Morgan fingerprint density at radius 3 is 2.78 bits per heavy atom. The van der Waals surface area contributed by atoms with E-state index < -0.39 is 0 Å². The third kappa shape index (κ3) is 1.09. The molecule has 0 N–H and O–H groups in total. The summed E-state index contributed by atoms with van der Waals surface area (Å²) in [6, 6.07) is 0. The lowest BCUT2D eigenvalue weighted by Crippen LogP contribution is -2.22. The van der Waals surface area contributed by atoms with E-state index in [-0.39, 0.29) is 5.97 Å². The molecule has 5 fully saturated rings. The van der Waals surface area contributed by atoms with Crippen molar-refractivity contribution >= 4 is 21.9 Å². The zero-order valence-electron chi connectivity index (χ0n) is 10.8. The molecule has 0 radical (unpaired) electrons. The third-order valence-electron chi connectivity index (χ3n) is 6.26. The van der Waals surface area contributed by atoms with Crippen molar-refractivity contribution in [2.75, 3.05) is 13.7 Å². The van der Waals surface area contributed by atoms with E-state index >= 15 is 0 Å². The molecule has 7 unspecified atom stereocenters. The van der Waals surface area contributed by atoms with Crippen LogP contribution >= 0.6 is 15.9 Å². The number of alkyl halides is 1. The molecule has 18 heavy (non-hydrogen) atoms. The van der Waals surface area contributed by atoms with Gasteiger partial charge in [0, 0.05) is 18.9 Å². The first-order valence-electron chi connectivity index (χ1n) is 6.93. The van der Waals surface area contributed by atoms with E-state index in [1.54, 1.807) is 0 Å². The highest BCUT2D eigenvalue weighted by atomic mass is 79.9. The van der Waals surface area contributed by atoms with Crippen molar-refractivity contribution in [3.05, 3.63) is 0 Å². The van der Waals surface area contributed by atoms with Crippen molar-refractivity contribution in [2.45, 2.75) is 30.7 Å². The molecule has 5 rings (SSSR count). The fourth-order valence-electron chi connectivity index (χ4n) is 5.99. The van der Waals surface area contributed by atoms with Crippen LogP contribution in [0.3, 0.4) is 0 Å². The van der Waals surface area contributed by atoms with Gasteiger partial charge in [0.1, 0.15) is 0 Å². The molecule has 5 aliphatic rings. The Labute approximate surface area is 116 Å². The smallest absolute Gasteiger partial charge is 0.302 e. The largest absolute Gasteiger partial charge is 0.466 e. The van der Waals surface area contributed by atoms with Crippen molar-refractivity contribution in [3.63, 3.8) is 0 Å². The average molecular weight is 315 g/mol. The lowest BCUT2D eigenvalue weighted by molar-refractivity contribution is -0.141. The molecule has 0 amide bonds. The number of carbonyl (C=O) groups is 1. The molecular formula is C14H19BrO3. The van der Waals surface area contributed by atoms with E-state index in [0.717, 1.165) is 36.0 Å². The summed E-state index contributed by atoms with van der Waals surface area (Å²) >= 11 is 3.96. The number of hydrogen-bond acceptors (Lipinski definition) is 3. The minimum absolute atomic E-state index is 0.155. The summed E-state index contributed by atoms with van der Waals surface area (Å²) in [5.74, 6) is 4.03. The Balaban J connectivity index is 1.52. The lowest BCUT2D eigenvalue weighted by Gasteiger charge is -2.19. The number of hydrogen-bond donors (Lipinski definition) is 0. The molecule has 0 aliphatic heterocycles. The van der Waals surface area contributed by atoms with E-state index in [4.69, 9.17) is 9.47 Å². The summed E-state index contributed by atoms with van der Waals surface area (Å²) in [6.45, 7) is 2.08. The number of halogens is 1. The first-order valence-corrected chi connectivity index (χ1v) is 7.84. The second-order valence-electron chi connectivity index (χ2n) is 6.48. The minimum atomic E-state index is -0.155. The van der Waals surface area contributed by atoms with Crippen molar-refractivity contribution in [1.82, 2.24) is 0 Å². The summed E-state index contributed by atoms with van der Waals surface area (Å²) in [7, 11) is 1.86. The van der Waals surface area contributed by atoms with Gasteiger partial charge in [0.2, 0.25) is 0 Å². The maximum absolute atomic E-state index is 10.9. The van der Waals surface area contributed by atoms with Gasteiger partial charge in [-0.05, 0) is 47.8 Å². The lowest BCUT2D eigenvalue weighted by atomic mass is 9.97. The Bertz CT molecular complexity index is 408. The van der Waals surface area contributed by atoms with Crippen LogP contribution in [-0.4, -0.2) is 30.6 Å². The maximum Gasteiger partial charge on any atom is 0.302 e. The Morgan fingerprint density at radius 1 is 1.39 bits per heavy atom. The second-order valence-corrected chi connectivity index (χ2v) is 7.47. The predicted molar refractivity (Wildman–Crippen MR) is 69.3 cm³/mol. The van der Waals surface area contributed by atoms with Crippen LogP contribution in [0.1, 0.15) is 19.8 Å². The number of esters is 1. The molecule has 0 heterocycles. The number of rotatable bonds is 4. The molecule has 0 spiro atoms. The topological polar surface area (TPSA) is 35.5 Å². The molecule has 5 saturated carbocycles. The molecule has 0 saturated heterocycles. The Kier molecular flexibility index (Phi) is 2.29. The molecular weight excluding hydrogens is 296 g/mol. The standard InChI is InChI=1S/C14H19BrO3/c1-6(16)18-4-3-14-11-7-5-8(17-2)10(12(11)14)9(7)13(14)15/h7-13H,3-5H2,1-2H3/t7?,8-,9?,10?,11?,12?,13?,14?/m0/s1. The highest BCUT2D eigenvalue weighted by Crippen LogP contribution is 2.89. The van der Waals surface area contributed by atoms with Gasteiger partial charge >= 0.3 is 5.97 Å². The van der Waals surface area contributed by atoms with Crippen molar-refractivity contribution in [1.29, 1.82) is 0 Å². The van der Waals surface area contributed by atoms with E-state index in [0.29, 0.717) is 23.0 Å². The van der Waals surface area contributed by atoms with E-state index in [2.05, 4.69) is 15.9 Å². The van der Waals surface area contributed by atoms with Crippen LogP contribution in [0.5, 0.6) is 0 Å². The molecule has 0 aromatic heterocycles. The first kappa shape index (κ1) is 11.7. The summed E-state index contributed by atoms with van der Waals surface area (Å²) < 4.78 is 10.8. The number of ether oxygens (including phenoxy) is 2. The van der Waals surface area contributed by atoms with Crippen molar-refractivity contribution in [2.24, 2.45) is 35.0 Å². The van der Waals surface area contributed by atoms with Crippen molar-refractivity contribution in [3.8, 4) is 0 Å². The highest BCUT2D eigenvalue weighted by Gasteiger charge is 2.88. The third-order valence-corrected chi connectivity index (χ3v) is 7.72. The quantitative estimate of drug-likeness (QED) is 0.589. The van der Waals surface area contributed by atoms with Gasteiger partial charge in [-0.3, -0.25) is 4.79 Å². The van der Waals surface area contributed by atoms with Gasteiger partial charge in [0.25, 0.3) is 0 Å². The molecule has 0 aromatic carbocycles. The Hall–Kier alpha value is -0.0900. The van der Waals surface area contributed by atoms with E-state index in [1.807, 2.05) is 7.11 Å².